The molecule has 2 N–H and O–H groups in total. The standard InChI is InChI=1S/C21H20N4O3S/c1-2-28-16-11-12(8-9-14(16)26)19-18-13(5-3-6-15(18)27)22-21-23-20(24-25(19)21)17-7-4-10-29-17/h4-5,7-11,18-19,26H,2-3,6H2,1H3,(H,22,23,24)/t18-,19-/m0/s1. The van der Waals surface area contributed by atoms with Crippen molar-refractivity contribution in [1.82, 2.24) is 14.8 Å². The summed E-state index contributed by atoms with van der Waals surface area (Å²) in [4.78, 5) is 18.6. The molecule has 2 atom stereocenters. The van der Waals surface area contributed by atoms with E-state index < -0.39 is 0 Å². The molecular weight excluding hydrogens is 388 g/mol. The summed E-state index contributed by atoms with van der Waals surface area (Å²) in [5, 5.41) is 20.2. The summed E-state index contributed by atoms with van der Waals surface area (Å²) in [6, 6.07) is 8.81. The average Bonchev–Trinajstić information content (AvgIpc) is 3.38. The molecule has 3 aromatic rings. The summed E-state index contributed by atoms with van der Waals surface area (Å²) in [7, 11) is 0. The van der Waals surface area contributed by atoms with E-state index in [1.54, 1.807) is 28.2 Å². The number of hydrogen-bond donors (Lipinski definition) is 2. The summed E-state index contributed by atoms with van der Waals surface area (Å²) in [5.74, 6) is 1.52. The molecule has 2 aliphatic rings. The number of nitrogens with zero attached hydrogens (tertiary/aromatic N) is 3. The van der Waals surface area contributed by atoms with Crippen LogP contribution in [0.2, 0.25) is 0 Å². The van der Waals surface area contributed by atoms with E-state index in [0.29, 0.717) is 30.5 Å². The highest BCUT2D eigenvalue weighted by molar-refractivity contribution is 7.13. The summed E-state index contributed by atoms with van der Waals surface area (Å²) >= 11 is 1.57. The number of Topliss-reactive ketones (excluding diaryl/α,β-unsaturated/α-hetero) is 1. The molecule has 2 aromatic heterocycles. The quantitative estimate of drug-likeness (QED) is 0.679. The Balaban J connectivity index is 1.67. The second kappa shape index (κ2) is 7.04. The van der Waals surface area contributed by atoms with E-state index >= 15 is 0 Å². The van der Waals surface area contributed by atoms with E-state index in [1.165, 1.54) is 0 Å². The number of benzene rings is 1. The third-order valence-corrected chi connectivity index (χ3v) is 6.14. The van der Waals surface area contributed by atoms with E-state index in [9.17, 15) is 9.90 Å². The lowest BCUT2D eigenvalue weighted by atomic mass is 9.81. The van der Waals surface area contributed by atoms with Crippen LogP contribution >= 0.6 is 11.3 Å². The molecule has 1 aliphatic heterocycles. The average molecular weight is 408 g/mol. The summed E-state index contributed by atoms with van der Waals surface area (Å²) in [5.41, 5.74) is 1.72. The molecule has 148 valence electrons. The third kappa shape index (κ3) is 3.00. The van der Waals surface area contributed by atoms with Crippen LogP contribution in [0.4, 0.5) is 5.95 Å². The first-order chi connectivity index (χ1) is 14.2. The molecule has 1 aromatic carbocycles. The monoisotopic (exact) mass is 408 g/mol. The lowest BCUT2D eigenvalue weighted by Crippen LogP contribution is -2.38. The Hall–Kier alpha value is -3.13. The molecule has 3 heterocycles. The molecule has 0 saturated carbocycles. The van der Waals surface area contributed by atoms with Crippen LogP contribution in [0, 0.1) is 5.92 Å². The minimum atomic E-state index is -0.367. The number of fused-ring (bicyclic) bond motifs is 2. The number of allylic oxidation sites excluding steroid dienone is 2. The Morgan fingerprint density at radius 1 is 1.38 bits per heavy atom. The van der Waals surface area contributed by atoms with Crippen molar-refractivity contribution in [3.63, 3.8) is 0 Å². The van der Waals surface area contributed by atoms with Crippen LogP contribution in [-0.4, -0.2) is 32.3 Å². The number of hydrogen-bond acceptors (Lipinski definition) is 7. The molecule has 7 nitrogen and oxygen atoms in total. The fourth-order valence-corrected chi connectivity index (χ4v) is 4.66. The Morgan fingerprint density at radius 2 is 2.28 bits per heavy atom. The first-order valence-corrected chi connectivity index (χ1v) is 10.5. The number of anilines is 1. The molecule has 0 amide bonds. The number of thiophene rings is 1. The number of nitrogens with one attached hydrogen (secondary N) is 1. The number of rotatable bonds is 4. The first kappa shape index (κ1) is 17.9. The molecule has 0 spiro atoms. The van der Waals surface area contributed by atoms with Gasteiger partial charge in [-0.05, 0) is 42.5 Å². The number of carbonyl (C=O) groups is 1. The number of ether oxygens (including phenoxy) is 1. The number of aromatic nitrogens is 3. The Labute approximate surface area is 171 Å². The molecule has 1 aliphatic carbocycles. The van der Waals surface area contributed by atoms with Gasteiger partial charge < -0.3 is 15.2 Å². The van der Waals surface area contributed by atoms with Crippen molar-refractivity contribution in [2.75, 3.05) is 11.9 Å². The Kier molecular flexibility index (Phi) is 4.35. The van der Waals surface area contributed by atoms with Crippen molar-refractivity contribution in [2.45, 2.75) is 25.8 Å². The van der Waals surface area contributed by atoms with E-state index in [2.05, 4.69) is 16.4 Å². The van der Waals surface area contributed by atoms with Gasteiger partial charge in [-0.25, -0.2) is 4.68 Å². The zero-order chi connectivity index (χ0) is 20.0. The molecule has 0 fully saturated rings. The molecular formula is C21H20N4O3S. The van der Waals surface area contributed by atoms with E-state index in [4.69, 9.17) is 9.84 Å². The number of carbonyl (C=O) groups excluding carboxylic acids is 1. The van der Waals surface area contributed by atoms with Crippen molar-refractivity contribution in [1.29, 1.82) is 0 Å². The summed E-state index contributed by atoms with van der Waals surface area (Å²) in [6.45, 7) is 2.30. The van der Waals surface area contributed by atoms with Crippen LogP contribution in [0.3, 0.4) is 0 Å². The number of phenolic OH excluding ortho intramolecular Hbond substituents is 1. The number of aromatic hydroxyl groups is 1. The molecule has 5 rings (SSSR count). The summed E-state index contributed by atoms with van der Waals surface area (Å²) in [6.07, 6.45) is 3.30. The van der Waals surface area contributed by atoms with Gasteiger partial charge in [0.25, 0.3) is 0 Å². The molecule has 29 heavy (non-hydrogen) atoms. The van der Waals surface area contributed by atoms with Crippen molar-refractivity contribution < 1.29 is 14.6 Å². The number of phenols is 1. The number of ketones is 1. The minimum Gasteiger partial charge on any atom is -0.504 e. The molecule has 0 bridgehead atoms. The topological polar surface area (TPSA) is 89.3 Å². The highest BCUT2D eigenvalue weighted by Gasteiger charge is 2.42. The van der Waals surface area contributed by atoms with E-state index in [1.807, 2.05) is 30.5 Å². The van der Waals surface area contributed by atoms with Gasteiger partial charge in [-0.3, -0.25) is 4.79 Å². The van der Waals surface area contributed by atoms with Crippen LogP contribution in [-0.2, 0) is 4.79 Å². The second-order valence-electron chi connectivity index (χ2n) is 7.05. The van der Waals surface area contributed by atoms with Crippen molar-refractivity contribution in [3.8, 4) is 22.2 Å². The van der Waals surface area contributed by atoms with Crippen LogP contribution < -0.4 is 10.1 Å². The van der Waals surface area contributed by atoms with Crippen molar-refractivity contribution >= 4 is 23.1 Å². The van der Waals surface area contributed by atoms with Crippen LogP contribution in [0.25, 0.3) is 10.7 Å². The van der Waals surface area contributed by atoms with Gasteiger partial charge in [-0.15, -0.1) is 16.4 Å². The summed E-state index contributed by atoms with van der Waals surface area (Å²) < 4.78 is 7.37. The lowest BCUT2D eigenvalue weighted by molar-refractivity contribution is -0.123. The van der Waals surface area contributed by atoms with Gasteiger partial charge in [-0.2, -0.15) is 4.98 Å². The van der Waals surface area contributed by atoms with Crippen LogP contribution in [0.5, 0.6) is 11.5 Å². The van der Waals surface area contributed by atoms with E-state index in [-0.39, 0.29) is 23.5 Å². The SMILES string of the molecule is CCOc1cc([C@H]2[C@@H]3C(=O)CCC=C3Nc3nc(-c4cccs4)nn32)ccc1O. The normalized spacial score (nSPS) is 20.4. The van der Waals surface area contributed by atoms with Gasteiger partial charge in [0.15, 0.2) is 17.3 Å². The van der Waals surface area contributed by atoms with Gasteiger partial charge in [0.2, 0.25) is 5.95 Å². The smallest absolute Gasteiger partial charge is 0.226 e. The molecule has 8 heteroatoms. The fourth-order valence-electron chi connectivity index (χ4n) is 4.00. The van der Waals surface area contributed by atoms with Crippen molar-refractivity contribution in [3.05, 3.63) is 53.0 Å². The maximum absolute atomic E-state index is 12.9. The highest BCUT2D eigenvalue weighted by atomic mass is 32.1. The van der Waals surface area contributed by atoms with Gasteiger partial charge in [0.05, 0.1) is 23.4 Å². The predicted molar refractivity (Wildman–Crippen MR) is 110 cm³/mol. The minimum absolute atomic E-state index is 0.0772. The first-order valence-electron chi connectivity index (χ1n) is 9.61. The van der Waals surface area contributed by atoms with Gasteiger partial charge in [-0.1, -0.05) is 18.2 Å². The molecule has 0 radical (unpaired) electrons. The fraction of sp³-hybridized carbons (Fsp3) is 0.286. The van der Waals surface area contributed by atoms with Gasteiger partial charge in [0.1, 0.15) is 5.78 Å². The molecule has 0 unspecified atom stereocenters. The lowest BCUT2D eigenvalue weighted by Gasteiger charge is -2.36. The second-order valence-corrected chi connectivity index (χ2v) is 8.00. The van der Waals surface area contributed by atoms with Gasteiger partial charge >= 0.3 is 0 Å². The Morgan fingerprint density at radius 3 is 3.07 bits per heavy atom. The zero-order valence-electron chi connectivity index (χ0n) is 15.8. The maximum Gasteiger partial charge on any atom is 0.226 e. The van der Waals surface area contributed by atoms with Gasteiger partial charge in [0, 0.05) is 12.1 Å². The van der Waals surface area contributed by atoms with Crippen LogP contribution in [0.15, 0.2) is 47.5 Å². The van der Waals surface area contributed by atoms with E-state index in [0.717, 1.165) is 22.6 Å². The largest absolute Gasteiger partial charge is 0.504 e. The maximum atomic E-state index is 12.9. The Bertz CT molecular complexity index is 1100. The zero-order valence-corrected chi connectivity index (χ0v) is 16.6. The highest BCUT2D eigenvalue weighted by Crippen LogP contribution is 2.43. The van der Waals surface area contributed by atoms with Crippen molar-refractivity contribution in [2.24, 2.45) is 5.92 Å². The third-order valence-electron chi connectivity index (χ3n) is 5.27. The molecule has 0 saturated heterocycles. The predicted octanol–water partition coefficient (Wildman–Crippen LogP) is 3.99. The van der Waals surface area contributed by atoms with Crippen LogP contribution in [0.1, 0.15) is 31.4 Å².